The molecule has 0 unspecified atom stereocenters. The first-order valence-corrected chi connectivity index (χ1v) is 11.3. The summed E-state index contributed by atoms with van der Waals surface area (Å²) in [4.78, 5) is 29.9. The zero-order chi connectivity index (χ0) is 21.9. The van der Waals surface area contributed by atoms with Crippen molar-refractivity contribution in [3.05, 3.63) is 75.8 Å². The molecule has 2 N–H and O–H groups in total. The van der Waals surface area contributed by atoms with Gasteiger partial charge >= 0.3 is 5.97 Å². The Labute approximate surface area is 184 Å². The molecule has 5 nitrogen and oxygen atoms in total. The number of amides is 1. The number of hydrogen-bond donors (Lipinski definition) is 2. The lowest BCUT2D eigenvalue weighted by atomic mass is 9.87. The first-order chi connectivity index (χ1) is 14.1. The topological polar surface area (TPSA) is 79.3 Å². The standard InChI is InChI=1S/C23H24N2O3S2/c1-14-5-10-17(11-19(14)21(27)28)29-13-18-12-24-22(30-18)25-20(26)15-6-8-16(9-7-15)23(2,3)4/h5-12H,13H2,1-4H3,(H,27,28)(H,24,25,26). The highest BCUT2D eigenvalue weighted by Gasteiger charge is 2.15. The van der Waals surface area contributed by atoms with Gasteiger partial charge in [0, 0.05) is 27.3 Å². The van der Waals surface area contributed by atoms with Crippen LogP contribution in [-0.4, -0.2) is 22.0 Å². The van der Waals surface area contributed by atoms with Crippen LogP contribution in [0, 0.1) is 6.92 Å². The molecule has 1 aromatic heterocycles. The van der Waals surface area contributed by atoms with Gasteiger partial charge in [-0.1, -0.05) is 39.0 Å². The zero-order valence-corrected chi connectivity index (χ0v) is 19.0. The predicted molar refractivity (Wildman–Crippen MR) is 123 cm³/mol. The number of anilines is 1. The van der Waals surface area contributed by atoms with Crippen molar-refractivity contribution in [1.82, 2.24) is 4.98 Å². The van der Waals surface area contributed by atoms with E-state index in [1.54, 1.807) is 30.9 Å². The molecule has 2 aromatic carbocycles. The third-order valence-electron chi connectivity index (χ3n) is 4.61. The molecule has 0 bridgehead atoms. The number of benzene rings is 2. The molecule has 0 spiro atoms. The number of rotatable bonds is 6. The third-order valence-corrected chi connectivity index (χ3v) is 6.75. The number of aryl methyl sites for hydroxylation is 1. The highest BCUT2D eigenvalue weighted by Crippen LogP contribution is 2.29. The lowest BCUT2D eigenvalue weighted by Gasteiger charge is -2.18. The first-order valence-electron chi connectivity index (χ1n) is 9.47. The number of nitrogens with zero attached hydrogens (tertiary/aromatic N) is 1. The van der Waals surface area contributed by atoms with E-state index in [1.807, 2.05) is 36.4 Å². The van der Waals surface area contributed by atoms with Crippen molar-refractivity contribution in [3.8, 4) is 0 Å². The fraction of sp³-hybridized carbons (Fsp3) is 0.261. The summed E-state index contributed by atoms with van der Waals surface area (Å²) in [6.07, 6.45) is 1.74. The molecule has 0 aliphatic carbocycles. The number of aromatic nitrogens is 1. The van der Waals surface area contributed by atoms with Crippen LogP contribution in [0.5, 0.6) is 0 Å². The molecule has 3 aromatic rings. The molecule has 156 valence electrons. The van der Waals surface area contributed by atoms with E-state index < -0.39 is 5.97 Å². The Morgan fingerprint density at radius 3 is 2.47 bits per heavy atom. The average Bonchev–Trinajstić information content (AvgIpc) is 3.14. The SMILES string of the molecule is Cc1ccc(SCc2cnc(NC(=O)c3ccc(C(C)(C)C)cc3)s2)cc1C(=O)O. The number of carbonyl (C=O) groups is 2. The molecule has 3 rings (SSSR count). The van der Waals surface area contributed by atoms with Crippen molar-refractivity contribution in [2.45, 2.75) is 43.8 Å². The van der Waals surface area contributed by atoms with Crippen LogP contribution in [0.1, 0.15) is 57.5 Å². The van der Waals surface area contributed by atoms with Gasteiger partial charge in [0.05, 0.1) is 5.56 Å². The Hall–Kier alpha value is -2.64. The Morgan fingerprint density at radius 2 is 1.83 bits per heavy atom. The van der Waals surface area contributed by atoms with E-state index in [0.29, 0.717) is 22.0 Å². The van der Waals surface area contributed by atoms with Crippen molar-refractivity contribution in [1.29, 1.82) is 0 Å². The summed E-state index contributed by atoms with van der Waals surface area (Å²) in [5.41, 5.74) is 2.86. The first kappa shape index (κ1) is 22.1. The maximum absolute atomic E-state index is 12.5. The van der Waals surface area contributed by atoms with Gasteiger partial charge in [0.1, 0.15) is 0 Å². The van der Waals surface area contributed by atoms with E-state index in [0.717, 1.165) is 15.3 Å². The van der Waals surface area contributed by atoms with Crippen LogP contribution >= 0.6 is 23.1 Å². The lowest BCUT2D eigenvalue weighted by Crippen LogP contribution is -2.14. The summed E-state index contributed by atoms with van der Waals surface area (Å²) in [5.74, 6) is -0.461. The van der Waals surface area contributed by atoms with Crippen LogP contribution in [0.15, 0.2) is 53.6 Å². The minimum atomic E-state index is -0.923. The highest BCUT2D eigenvalue weighted by atomic mass is 32.2. The maximum Gasteiger partial charge on any atom is 0.335 e. The summed E-state index contributed by atoms with van der Waals surface area (Å²) in [7, 11) is 0. The summed E-state index contributed by atoms with van der Waals surface area (Å²) in [6.45, 7) is 8.19. The van der Waals surface area contributed by atoms with Gasteiger partial charge in [-0.15, -0.1) is 23.1 Å². The largest absolute Gasteiger partial charge is 0.478 e. The van der Waals surface area contributed by atoms with Crippen molar-refractivity contribution in [2.75, 3.05) is 5.32 Å². The van der Waals surface area contributed by atoms with Crippen LogP contribution in [0.2, 0.25) is 0 Å². The van der Waals surface area contributed by atoms with Crippen LogP contribution in [-0.2, 0) is 11.2 Å². The fourth-order valence-electron chi connectivity index (χ4n) is 2.80. The van der Waals surface area contributed by atoms with Crippen LogP contribution in [0.4, 0.5) is 5.13 Å². The van der Waals surface area contributed by atoms with E-state index in [2.05, 4.69) is 31.1 Å². The van der Waals surface area contributed by atoms with Gasteiger partial charge in [0.25, 0.3) is 5.91 Å². The molecule has 0 saturated heterocycles. The summed E-state index contributed by atoms with van der Waals surface area (Å²) >= 11 is 2.96. The molecule has 0 radical (unpaired) electrons. The second-order valence-corrected chi connectivity index (χ2v) is 10.1. The molecule has 0 saturated carbocycles. The van der Waals surface area contributed by atoms with E-state index in [4.69, 9.17) is 0 Å². The molecule has 30 heavy (non-hydrogen) atoms. The lowest BCUT2D eigenvalue weighted by molar-refractivity contribution is 0.0695. The normalized spacial score (nSPS) is 11.3. The molecule has 0 aliphatic heterocycles. The number of thioether (sulfide) groups is 1. The van der Waals surface area contributed by atoms with E-state index in [-0.39, 0.29) is 11.3 Å². The van der Waals surface area contributed by atoms with Crippen LogP contribution < -0.4 is 5.32 Å². The number of carbonyl (C=O) groups excluding carboxylic acids is 1. The Bertz CT molecular complexity index is 1070. The van der Waals surface area contributed by atoms with Gasteiger partial charge in [0.15, 0.2) is 5.13 Å². The molecule has 7 heteroatoms. The Kier molecular flexibility index (Phi) is 6.63. The summed E-state index contributed by atoms with van der Waals surface area (Å²) in [5, 5.41) is 12.6. The molecular weight excluding hydrogens is 416 g/mol. The second kappa shape index (κ2) is 9.02. The number of aromatic carboxylic acids is 1. The van der Waals surface area contributed by atoms with Gasteiger partial charge in [-0.05, 0) is 47.7 Å². The van der Waals surface area contributed by atoms with Crippen molar-refractivity contribution in [2.24, 2.45) is 0 Å². The number of nitrogens with one attached hydrogen (secondary N) is 1. The predicted octanol–water partition coefficient (Wildman–Crippen LogP) is 5.99. The summed E-state index contributed by atoms with van der Waals surface area (Å²) < 4.78 is 0. The van der Waals surface area contributed by atoms with E-state index in [1.165, 1.54) is 16.9 Å². The highest BCUT2D eigenvalue weighted by molar-refractivity contribution is 7.98. The van der Waals surface area contributed by atoms with Crippen molar-refractivity contribution >= 4 is 40.1 Å². The molecule has 0 atom stereocenters. The molecule has 1 heterocycles. The van der Waals surface area contributed by atoms with Gasteiger partial charge in [-0.2, -0.15) is 0 Å². The van der Waals surface area contributed by atoms with Gasteiger partial charge in [-0.3, -0.25) is 10.1 Å². The van der Waals surface area contributed by atoms with Gasteiger partial charge in [0.2, 0.25) is 0 Å². The Morgan fingerprint density at radius 1 is 1.13 bits per heavy atom. The van der Waals surface area contributed by atoms with Gasteiger partial charge in [-0.25, -0.2) is 9.78 Å². The summed E-state index contributed by atoms with van der Waals surface area (Å²) in [6, 6.07) is 13.0. The van der Waals surface area contributed by atoms with Gasteiger partial charge < -0.3 is 5.11 Å². The minimum Gasteiger partial charge on any atom is -0.478 e. The van der Waals surface area contributed by atoms with E-state index >= 15 is 0 Å². The molecule has 0 aliphatic rings. The maximum atomic E-state index is 12.5. The number of carboxylic acid groups (broad SMARTS) is 1. The number of hydrogen-bond acceptors (Lipinski definition) is 5. The van der Waals surface area contributed by atoms with Crippen molar-refractivity contribution < 1.29 is 14.7 Å². The molecular formula is C23H24N2O3S2. The van der Waals surface area contributed by atoms with E-state index in [9.17, 15) is 14.7 Å². The quantitative estimate of drug-likeness (QED) is 0.460. The fourth-order valence-corrected chi connectivity index (χ4v) is 4.56. The monoisotopic (exact) mass is 440 g/mol. The Balaban J connectivity index is 1.60. The van der Waals surface area contributed by atoms with Crippen molar-refractivity contribution in [3.63, 3.8) is 0 Å². The number of carboxylic acids is 1. The zero-order valence-electron chi connectivity index (χ0n) is 17.4. The van der Waals surface area contributed by atoms with Crippen LogP contribution in [0.25, 0.3) is 0 Å². The van der Waals surface area contributed by atoms with Crippen LogP contribution in [0.3, 0.4) is 0 Å². The molecule has 1 amide bonds. The number of thiazole rings is 1. The third kappa shape index (κ3) is 5.49. The smallest absolute Gasteiger partial charge is 0.335 e. The minimum absolute atomic E-state index is 0.0412. The average molecular weight is 441 g/mol. The second-order valence-electron chi connectivity index (χ2n) is 7.98. The molecule has 0 fully saturated rings.